The molecule has 3 rings (SSSR count). The van der Waals surface area contributed by atoms with Gasteiger partial charge in [0.15, 0.2) is 11.9 Å². The molecule has 2 aliphatic carbocycles. The molecule has 4 N–H and O–H groups in total. The number of amides is 3. The summed E-state index contributed by atoms with van der Waals surface area (Å²) < 4.78 is 6.50. The second kappa shape index (κ2) is 9.25. The van der Waals surface area contributed by atoms with Crippen molar-refractivity contribution in [3.8, 4) is 0 Å². The molecule has 3 amide bonds. The van der Waals surface area contributed by atoms with Gasteiger partial charge in [-0.2, -0.15) is 5.10 Å². The molecule has 0 bridgehead atoms. The quantitative estimate of drug-likeness (QED) is 0.464. The van der Waals surface area contributed by atoms with Crippen LogP contribution in [0.25, 0.3) is 0 Å². The van der Waals surface area contributed by atoms with Crippen molar-refractivity contribution in [2.45, 2.75) is 76.5 Å². The van der Waals surface area contributed by atoms with Crippen LogP contribution in [0.4, 0.5) is 10.6 Å². The van der Waals surface area contributed by atoms with E-state index in [0.29, 0.717) is 25.1 Å². The fraction of sp³-hybridized carbons (Fsp3) is 0.714. The van der Waals surface area contributed by atoms with Crippen molar-refractivity contribution in [2.24, 2.45) is 12.5 Å². The molecule has 1 aromatic heterocycles. The molecule has 2 unspecified atom stereocenters. The van der Waals surface area contributed by atoms with E-state index in [1.807, 2.05) is 0 Å². The minimum atomic E-state index is -1.43. The highest BCUT2D eigenvalue weighted by Crippen LogP contribution is 2.42. The van der Waals surface area contributed by atoms with E-state index in [9.17, 15) is 19.5 Å². The third-order valence-corrected chi connectivity index (χ3v) is 6.29. The van der Waals surface area contributed by atoms with Crippen LogP contribution in [0, 0.1) is 5.41 Å². The highest BCUT2D eigenvalue weighted by atomic mass is 16.5. The van der Waals surface area contributed by atoms with Gasteiger partial charge in [0, 0.05) is 19.3 Å². The van der Waals surface area contributed by atoms with Gasteiger partial charge in [-0.05, 0) is 44.4 Å². The number of aliphatic hydroxyl groups excluding tert-OH is 1. The summed E-state index contributed by atoms with van der Waals surface area (Å²) in [5.41, 5.74) is -1.09. The van der Waals surface area contributed by atoms with Crippen molar-refractivity contribution in [3.63, 3.8) is 0 Å². The van der Waals surface area contributed by atoms with Gasteiger partial charge < -0.3 is 25.8 Å². The van der Waals surface area contributed by atoms with Gasteiger partial charge in [0.05, 0.1) is 12.1 Å². The van der Waals surface area contributed by atoms with Crippen molar-refractivity contribution < 1.29 is 24.2 Å². The monoisotopic (exact) mass is 435 g/mol. The van der Waals surface area contributed by atoms with Crippen LogP contribution < -0.4 is 16.0 Å². The Kier molecular flexibility index (Phi) is 6.88. The lowest BCUT2D eigenvalue weighted by Gasteiger charge is -2.31. The molecule has 0 radical (unpaired) electrons. The predicted octanol–water partition coefficient (Wildman–Crippen LogP) is 1.45. The third-order valence-electron chi connectivity index (χ3n) is 6.29. The molecular formula is C21H33N5O5. The number of nitrogens with zero attached hydrogens (tertiary/aromatic N) is 2. The lowest BCUT2D eigenvalue weighted by molar-refractivity contribution is -0.130. The number of carbonyl (C=O) groups excluding carboxylic acids is 3. The topological polar surface area (TPSA) is 135 Å². The van der Waals surface area contributed by atoms with Gasteiger partial charge in [0.2, 0.25) is 5.91 Å². The summed E-state index contributed by atoms with van der Waals surface area (Å²) >= 11 is 0. The molecule has 2 fully saturated rings. The summed E-state index contributed by atoms with van der Waals surface area (Å²) in [6, 6.07) is 0.815. The molecule has 10 heteroatoms. The molecular weight excluding hydrogens is 402 g/mol. The van der Waals surface area contributed by atoms with Gasteiger partial charge in [-0.3, -0.25) is 14.3 Å². The highest BCUT2D eigenvalue weighted by Gasteiger charge is 2.54. The summed E-state index contributed by atoms with van der Waals surface area (Å²) in [5.74, 6) is -0.720. The minimum absolute atomic E-state index is 0.0484. The van der Waals surface area contributed by atoms with Crippen molar-refractivity contribution in [3.05, 3.63) is 12.3 Å². The van der Waals surface area contributed by atoms with Crippen molar-refractivity contribution in [1.29, 1.82) is 0 Å². The van der Waals surface area contributed by atoms with Crippen LogP contribution in [-0.4, -0.2) is 57.1 Å². The van der Waals surface area contributed by atoms with Crippen molar-refractivity contribution in [1.82, 2.24) is 20.4 Å². The summed E-state index contributed by atoms with van der Waals surface area (Å²) in [4.78, 5) is 37.6. The number of rotatable bonds is 9. The Morgan fingerprint density at radius 1 is 1.23 bits per heavy atom. The molecule has 2 aliphatic rings. The fourth-order valence-electron chi connectivity index (χ4n) is 4.31. The zero-order chi connectivity index (χ0) is 22.6. The van der Waals surface area contributed by atoms with E-state index in [1.54, 1.807) is 26.2 Å². The van der Waals surface area contributed by atoms with Crippen LogP contribution >= 0.6 is 0 Å². The second-order valence-electron chi connectivity index (χ2n) is 9.05. The van der Waals surface area contributed by atoms with E-state index in [1.165, 1.54) is 4.68 Å². The van der Waals surface area contributed by atoms with Crippen LogP contribution in [0.15, 0.2) is 12.3 Å². The standard InChI is InChI=1S/C21H33N5O5/c1-4-31-19(30)22-14(13-20(2)8-5-6-9-20)17(28)24-21(10-11-21)16(27)18(29)23-15-7-12-26(3)25-15/h7,12,14,16,27H,4-6,8-11,13H2,1-3H3,(H,22,30)(H,24,28)(H,23,25,29). The largest absolute Gasteiger partial charge is 0.450 e. The van der Waals surface area contributed by atoms with Gasteiger partial charge in [-0.15, -0.1) is 0 Å². The average molecular weight is 436 g/mol. The van der Waals surface area contributed by atoms with Crippen LogP contribution in [0.1, 0.15) is 58.8 Å². The number of anilines is 1. The van der Waals surface area contributed by atoms with E-state index in [-0.39, 0.29) is 12.0 Å². The Morgan fingerprint density at radius 2 is 1.90 bits per heavy atom. The van der Waals surface area contributed by atoms with Crippen molar-refractivity contribution >= 4 is 23.7 Å². The fourth-order valence-corrected chi connectivity index (χ4v) is 4.31. The Hall–Kier alpha value is -2.62. The van der Waals surface area contributed by atoms with E-state index in [0.717, 1.165) is 25.7 Å². The van der Waals surface area contributed by atoms with E-state index < -0.39 is 35.6 Å². The molecule has 1 aromatic rings. The number of aliphatic hydroxyl groups is 1. The first-order valence-electron chi connectivity index (χ1n) is 10.9. The smallest absolute Gasteiger partial charge is 0.407 e. The molecule has 10 nitrogen and oxygen atoms in total. The summed E-state index contributed by atoms with van der Waals surface area (Å²) in [7, 11) is 1.72. The average Bonchev–Trinajstić information content (AvgIpc) is 3.17. The third kappa shape index (κ3) is 5.75. The minimum Gasteiger partial charge on any atom is -0.450 e. The summed E-state index contributed by atoms with van der Waals surface area (Å²) in [5, 5.41) is 22.8. The van der Waals surface area contributed by atoms with Crippen LogP contribution in [0.5, 0.6) is 0 Å². The molecule has 0 saturated heterocycles. The zero-order valence-electron chi connectivity index (χ0n) is 18.4. The first-order chi connectivity index (χ1) is 14.7. The van der Waals surface area contributed by atoms with Crippen molar-refractivity contribution in [2.75, 3.05) is 11.9 Å². The van der Waals surface area contributed by atoms with Gasteiger partial charge in [0.25, 0.3) is 5.91 Å². The van der Waals surface area contributed by atoms with E-state index in [4.69, 9.17) is 4.74 Å². The molecule has 2 saturated carbocycles. The van der Waals surface area contributed by atoms with Crippen LogP contribution in [-0.2, 0) is 21.4 Å². The van der Waals surface area contributed by atoms with Gasteiger partial charge in [-0.1, -0.05) is 19.8 Å². The predicted molar refractivity (Wildman–Crippen MR) is 113 cm³/mol. The Bertz CT molecular complexity index is 813. The van der Waals surface area contributed by atoms with E-state index in [2.05, 4.69) is 28.0 Å². The molecule has 0 aliphatic heterocycles. The number of aromatic nitrogens is 2. The van der Waals surface area contributed by atoms with Crippen LogP contribution in [0.2, 0.25) is 0 Å². The molecule has 0 aromatic carbocycles. The summed E-state index contributed by atoms with van der Waals surface area (Å²) in [6.45, 7) is 4.02. The number of nitrogens with one attached hydrogen (secondary N) is 3. The summed E-state index contributed by atoms with van der Waals surface area (Å²) in [6.07, 6.45) is 5.18. The zero-order valence-corrected chi connectivity index (χ0v) is 18.4. The van der Waals surface area contributed by atoms with E-state index >= 15 is 0 Å². The first-order valence-corrected chi connectivity index (χ1v) is 10.9. The van der Waals surface area contributed by atoms with Gasteiger partial charge in [0.1, 0.15) is 6.04 Å². The normalized spacial score (nSPS) is 20.4. The number of aryl methyl sites for hydroxylation is 1. The highest BCUT2D eigenvalue weighted by molar-refractivity contribution is 5.95. The molecule has 0 spiro atoms. The van der Waals surface area contributed by atoms with Gasteiger partial charge in [-0.25, -0.2) is 4.79 Å². The number of hydrogen-bond acceptors (Lipinski definition) is 6. The molecule has 31 heavy (non-hydrogen) atoms. The maximum Gasteiger partial charge on any atom is 0.407 e. The Labute approximate surface area is 182 Å². The molecule has 172 valence electrons. The first kappa shape index (κ1) is 23.1. The Balaban J connectivity index is 1.65. The molecule has 2 atom stereocenters. The Morgan fingerprint density at radius 3 is 2.45 bits per heavy atom. The van der Waals surface area contributed by atoms with Gasteiger partial charge >= 0.3 is 6.09 Å². The SMILES string of the molecule is CCOC(=O)NC(CC1(C)CCCC1)C(=O)NC1(C(O)C(=O)Nc2ccn(C)n2)CC1. The maximum atomic E-state index is 13.1. The van der Waals surface area contributed by atoms with Crippen LogP contribution in [0.3, 0.4) is 0 Å². The maximum absolute atomic E-state index is 13.1. The number of ether oxygens (including phenoxy) is 1. The number of hydrogen-bond donors (Lipinski definition) is 4. The molecule has 1 heterocycles. The number of alkyl carbamates (subject to hydrolysis) is 1. The second-order valence-corrected chi connectivity index (χ2v) is 9.05. The lowest BCUT2D eigenvalue weighted by atomic mass is 9.81. The lowest BCUT2D eigenvalue weighted by Crippen LogP contribution is -2.57. The number of carbonyl (C=O) groups is 3.